The number of ether oxygens (including phenoxy) is 1. The lowest BCUT2D eigenvalue weighted by atomic mass is 10.0. The van der Waals surface area contributed by atoms with Crippen molar-refractivity contribution in [1.82, 2.24) is 5.32 Å². The summed E-state index contributed by atoms with van der Waals surface area (Å²) in [5.74, 6) is -1.83. The number of halogens is 1. The largest absolute Gasteiger partial charge is 0.465 e. The van der Waals surface area contributed by atoms with Crippen molar-refractivity contribution in [1.29, 1.82) is 0 Å². The third-order valence-corrected chi connectivity index (χ3v) is 5.06. The van der Waals surface area contributed by atoms with E-state index in [0.29, 0.717) is 5.56 Å². The van der Waals surface area contributed by atoms with Gasteiger partial charge in [0, 0.05) is 22.6 Å². The molecule has 0 bridgehead atoms. The Morgan fingerprint density at radius 3 is 2.41 bits per heavy atom. The number of nitro benzene ring substituents is 1. The zero-order valence-corrected chi connectivity index (χ0v) is 15.9. The van der Waals surface area contributed by atoms with Gasteiger partial charge in [-0.05, 0) is 35.2 Å². The minimum Gasteiger partial charge on any atom is -0.465 e. The third-order valence-electron chi connectivity index (χ3n) is 4.12. The van der Waals surface area contributed by atoms with Crippen LogP contribution in [-0.2, 0) is 4.74 Å². The van der Waals surface area contributed by atoms with Crippen molar-refractivity contribution in [3.05, 3.63) is 97.5 Å². The number of non-ortho nitro benzene ring substituents is 1. The maximum atomic E-state index is 13.3. The van der Waals surface area contributed by atoms with E-state index in [2.05, 4.69) is 10.1 Å². The summed E-state index contributed by atoms with van der Waals surface area (Å²) in [7, 11) is 1.14. The molecule has 0 aliphatic heterocycles. The average Bonchev–Trinajstić information content (AvgIpc) is 3.26. The number of nitro groups is 1. The molecule has 0 saturated heterocycles. The van der Waals surface area contributed by atoms with E-state index in [1.54, 1.807) is 12.1 Å². The number of nitrogens with one attached hydrogen (secondary N) is 1. The van der Waals surface area contributed by atoms with Crippen molar-refractivity contribution in [3.8, 4) is 0 Å². The standard InChI is InChI=1S/C20H15FN2O5S/c1-28-20(25)14-9-13(10-16(11-14)23(26)27)19(24)22-18(17-3-2-8-29-17)12-4-6-15(21)7-5-12/h2-11,18H,1H3,(H,22,24)/t18-/m0/s1. The van der Waals surface area contributed by atoms with Crippen molar-refractivity contribution in [2.24, 2.45) is 0 Å². The molecule has 2 aromatic carbocycles. The van der Waals surface area contributed by atoms with E-state index in [9.17, 15) is 24.1 Å². The Kier molecular flexibility index (Phi) is 5.99. The number of nitrogens with zero attached hydrogens (tertiary/aromatic N) is 1. The van der Waals surface area contributed by atoms with Crippen LogP contribution in [0.25, 0.3) is 0 Å². The van der Waals surface area contributed by atoms with Gasteiger partial charge in [-0.25, -0.2) is 9.18 Å². The van der Waals surface area contributed by atoms with Crippen LogP contribution in [0.2, 0.25) is 0 Å². The number of thiophene rings is 1. The van der Waals surface area contributed by atoms with Gasteiger partial charge in [-0.3, -0.25) is 14.9 Å². The first kappa shape index (κ1) is 20.2. The summed E-state index contributed by atoms with van der Waals surface area (Å²) in [4.78, 5) is 36.0. The van der Waals surface area contributed by atoms with Gasteiger partial charge in [0.15, 0.2) is 0 Å². The molecule has 0 radical (unpaired) electrons. The number of rotatable bonds is 6. The molecule has 1 aromatic heterocycles. The van der Waals surface area contributed by atoms with Crippen LogP contribution in [0.4, 0.5) is 10.1 Å². The van der Waals surface area contributed by atoms with Crippen molar-refractivity contribution >= 4 is 28.9 Å². The Morgan fingerprint density at radius 2 is 1.83 bits per heavy atom. The van der Waals surface area contributed by atoms with E-state index < -0.39 is 34.3 Å². The first-order valence-electron chi connectivity index (χ1n) is 8.36. The normalized spacial score (nSPS) is 11.5. The highest BCUT2D eigenvalue weighted by Gasteiger charge is 2.22. The molecule has 0 spiro atoms. The number of esters is 1. The minimum atomic E-state index is -0.795. The fourth-order valence-electron chi connectivity index (χ4n) is 2.73. The van der Waals surface area contributed by atoms with Gasteiger partial charge in [0.25, 0.3) is 11.6 Å². The summed E-state index contributed by atoms with van der Waals surface area (Å²) in [5.41, 5.74) is 0.0536. The van der Waals surface area contributed by atoms with E-state index in [-0.39, 0.29) is 11.1 Å². The number of methoxy groups -OCH3 is 1. The first-order chi connectivity index (χ1) is 13.9. The molecular formula is C20H15FN2O5S. The van der Waals surface area contributed by atoms with Crippen LogP contribution in [0.15, 0.2) is 60.0 Å². The molecule has 1 amide bonds. The smallest absolute Gasteiger partial charge is 0.338 e. The number of amides is 1. The lowest BCUT2D eigenvalue weighted by Gasteiger charge is -2.18. The molecule has 0 aliphatic rings. The monoisotopic (exact) mass is 414 g/mol. The van der Waals surface area contributed by atoms with Crippen molar-refractivity contribution in [3.63, 3.8) is 0 Å². The Balaban J connectivity index is 1.97. The minimum absolute atomic E-state index is 0.0664. The van der Waals surface area contributed by atoms with E-state index in [1.165, 1.54) is 29.5 Å². The number of carbonyl (C=O) groups is 2. The molecule has 0 unspecified atom stereocenters. The molecule has 29 heavy (non-hydrogen) atoms. The third kappa shape index (κ3) is 4.64. The van der Waals surface area contributed by atoms with Crippen molar-refractivity contribution in [2.75, 3.05) is 7.11 Å². The van der Waals surface area contributed by atoms with Crippen LogP contribution in [0.5, 0.6) is 0 Å². The summed E-state index contributed by atoms with van der Waals surface area (Å²) in [6.45, 7) is 0. The Morgan fingerprint density at radius 1 is 1.14 bits per heavy atom. The van der Waals surface area contributed by atoms with Gasteiger partial charge in [-0.15, -0.1) is 11.3 Å². The zero-order chi connectivity index (χ0) is 21.0. The molecule has 0 aliphatic carbocycles. The predicted octanol–water partition coefficient (Wildman–Crippen LogP) is 4.10. The highest BCUT2D eigenvalue weighted by Crippen LogP contribution is 2.27. The lowest BCUT2D eigenvalue weighted by molar-refractivity contribution is -0.384. The molecule has 0 saturated carbocycles. The Bertz CT molecular complexity index is 1050. The second-order valence-corrected chi connectivity index (χ2v) is 6.97. The van der Waals surface area contributed by atoms with Gasteiger partial charge < -0.3 is 10.1 Å². The van der Waals surface area contributed by atoms with Crippen molar-refractivity contribution in [2.45, 2.75) is 6.04 Å². The van der Waals surface area contributed by atoms with Crippen molar-refractivity contribution < 1.29 is 23.6 Å². The summed E-state index contributed by atoms with van der Waals surface area (Å²) >= 11 is 1.40. The highest BCUT2D eigenvalue weighted by atomic mass is 32.1. The van der Waals surface area contributed by atoms with E-state index in [1.807, 2.05) is 17.5 Å². The molecule has 7 nitrogen and oxygen atoms in total. The molecule has 0 fully saturated rings. The molecule has 1 heterocycles. The van der Waals surface area contributed by atoms with E-state index >= 15 is 0 Å². The predicted molar refractivity (Wildman–Crippen MR) is 104 cm³/mol. The summed E-state index contributed by atoms with van der Waals surface area (Å²) in [5, 5.41) is 15.8. The second-order valence-electron chi connectivity index (χ2n) is 5.99. The highest BCUT2D eigenvalue weighted by molar-refractivity contribution is 7.10. The SMILES string of the molecule is COC(=O)c1cc(C(=O)N[C@@H](c2ccc(F)cc2)c2cccs2)cc([N+](=O)[O-])c1. The fraction of sp³-hybridized carbons (Fsp3) is 0.100. The fourth-order valence-corrected chi connectivity index (χ4v) is 3.53. The number of benzene rings is 2. The summed E-state index contributed by atoms with van der Waals surface area (Å²) in [6, 6.07) is 12.0. The van der Waals surface area contributed by atoms with Gasteiger partial charge >= 0.3 is 5.97 Å². The molecular weight excluding hydrogens is 399 g/mol. The summed E-state index contributed by atoms with van der Waals surface area (Å²) in [6.07, 6.45) is 0. The van der Waals surface area contributed by atoms with Crippen LogP contribution in [0.3, 0.4) is 0 Å². The molecule has 3 aromatic rings. The molecule has 3 rings (SSSR count). The van der Waals surface area contributed by atoms with Crippen LogP contribution >= 0.6 is 11.3 Å². The molecule has 1 N–H and O–H groups in total. The quantitative estimate of drug-likeness (QED) is 0.372. The molecule has 9 heteroatoms. The van der Waals surface area contributed by atoms with Gasteiger partial charge in [-0.2, -0.15) is 0 Å². The zero-order valence-electron chi connectivity index (χ0n) is 15.1. The van der Waals surface area contributed by atoms with Crippen LogP contribution in [0, 0.1) is 15.9 Å². The van der Waals surface area contributed by atoms with Crippen LogP contribution < -0.4 is 5.32 Å². The average molecular weight is 414 g/mol. The molecule has 1 atom stereocenters. The Labute approximate surface area is 168 Å². The Hall–Kier alpha value is -3.59. The number of hydrogen-bond donors (Lipinski definition) is 1. The maximum Gasteiger partial charge on any atom is 0.338 e. The summed E-state index contributed by atoms with van der Waals surface area (Å²) < 4.78 is 17.9. The van der Waals surface area contributed by atoms with Gasteiger partial charge in [0.2, 0.25) is 0 Å². The van der Waals surface area contributed by atoms with Crippen LogP contribution in [0.1, 0.15) is 37.2 Å². The van der Waals surface area contributed by atoms with E-state index in [4.69, 9.17) is 0 Å². The van der Waals surface area contributed by atoms with Gasteiger partial charge in [0.1, 0.15) is 5.82 Å². The van der Waals surface area contributed by atoms with Gasteiger partial charge in [0.05, 0.1) is 23.6 Å². The maximum absolute atomic E-state index is 13.3. The van der Waals surface area contributed by atoms with Crippen LogP contribution in [-0.4, -0.2) is 23.9 Å². The lowest BCUT2D eigenvalue weighted by Crippen LogP contribution is -2.29. The first-order valence-corrected chi connectivity index (χ1v) is 9.24. The number of hydrogen-bond acceptors (Lipinski definition) is 6. The second kappa shape index (κ2) is 8.61. The van der Waals surface area contributed by atoms with E-state index in [0.717, 1.165) is 24.1 Å². The topological polar surface area (TPSA) is 98.5 Å². The number of carbonyl (C=O) groups excluding carboxylic acids is 2. The molecule has 148 valence electrons. The van der Waals surface area contributed by atoms with Gasteiger partial charge in [-0.1, -0.05) is 18.2 Å².